The summed E-state index contributed by atoms with van der Waals surface area (Å²) in [4.78, 5) is 3.75. The Bertz CT molecular complexity index is 694. The minimum Gasteiger partial charge on any atom is -0.247 e. The summed E-state index contributed by atoms with van der Waals surface area (Å²) in [5.74, 6) is 2.25. The van der Waals surface area contributed by atoms with E-state index in [2.05, 4.69) is 49.6 Å². The second-order valence-corrected chi connectivity index (χ2v) is 15.1. The van der Waals surface area contributed by atoms with Gasteiger partial charge in [-0.3, -0.25) is 0 Å². The van der Waals surface area contributed by atoms with Crippen molar-refractivity contribution in [3.63, 3.8) is 0 Å². The Morgan fingerprint density at radius 2 is 0.711 bits per heavy atom. The number of aromatic nitrogens is 2. The second kappa shape index (κ2) is 33.1. The first-order valence-corrected chi connectivity index (χ1v) is 21.3. The van der Waals surface area contributed by atoms with Crippen LogP contribution in [0.5, 0.6) is 0 Å². The van der Waals surface area contributed by atoms with E-state index >= 15 is 0 Å². The molecule has 0 radical (unpaired) electrons. The lowest BCUT2D eigenvalue weighted by molar-refractivity contribution is -0.727. The first-order chi connectivity index (χ1) is 22.2. The van der Waals surface area contributed by atoms with Crippen LogP contribution in [0.15, 0.2) is 12.4 Å². The summed E-state index contributed by atoms with van der Waals surface area (Å²) >= 11 is 0. The first kappa shape index (κ1) is 42.2. The number of unbranched alkanes of at least 4 members (excludes halogenated alkanes) is 28. The van der Waals surface area contributed by atoms with Gasteiger partial charge < -0.3 is 0 Å². The third-order valence-corrected chi connectivity index (χ3v) is 10.6. The van der Waals surface area contributed by atoms with Crippen LogP contribution in [0.4, 0.5) is 0 Å². The molecule has 0 amide bonds. The lowest BCUT2D eigenvalue weighted by atomic mass is 9.93. The lowest BCUT2D eigenvalue weighted by Crippen LogP contribution is -2.41. The van der Waals surface area contributed by atoms with E-state index in [0.717, 1.165) is 0 Å². The predicted molar refractivity (Wildman–Crippen MR) is 202 cm³/mol. The first-order valence-electron chi connectivity index (χ1n) is 21.3. The summed E-state index contributed by atoms with van der Waals surface area (Å²) < 4.78 is 2.64. The molecule has 0 fully saturated rings. The normalized spacial score (nSPS) is 13.1. The molecule has 1 aromatic heterocycles. The van der Waals surface area contributed by atoms with Gasteiger partial charge in [-0.25, -0.2) is 9.55 Å². The average molecular weight is 630 g/mol. The van der Waals surface area contributed by atoms with E-state index in [1.54, 1.807) is 0 Å². The zero-order valence-electron chi connectivity index (χ0n) is 31.8. The fourth-order valence-electron chi connectivity index (χ4n) is 7.49. The zero-order chi connectivity index (χ0) is 32.5. The van der Waals surface area contributed by atoms with E-state index < -0.39 is 0 Å². The SMILES string of the molecule is CCCCCCCCCCCCCCCCC(C)[n+]1cc[nH]c1C(CCCCCCC)CCCCCCCCCCCCCC. The number of aromatic amines is 1. The smallest absolute Gasteiger partial charge is 0.247 e. The molecule has 0 saturated heterocycles. The standard InChI is InChI=1S/C43H84N2/c1-5-8-11-14-16-18-20-22-23-24-26-28-31-33-36-41(4)45-40-39-44-43(45)42(37-34-30-13-10-7-3)38-35-32-29-27-25-21-19-17-15-12-9-6-2/h39-42H,5-38H2,1-4H3/p+1. The number of nitrogens with one attached hydrogen (secondary N) is 1. The molecule has 2 atom stereocenters. The van der Waals surface area contributed by atoms with Gasteiger partial charge in [-0.15, -0.1) is 0 Å². The lowest BCUT2D eigenvalue weighted by Gasteiger charge is -2.17. The van der Waals surface area contributed by atoms with Crippen molar-refractivity contribution >= 4 is 0 Å². The van der Waals surface area contributed by atoms with Crippen LogP contribution in [0.1, 0.15) is 264 Å². The summed E-state index contributed by atoms with van der Waals surface area (Å²) in [6.45, 7) is 9.43. The fraction of sp³-hybridized carbons (Fsp3) is 0.930. The highest BCUT2D eigenvalue weighted by atomic mass is 15.1. The van der Waals surface area contributed by atoms with Crippen molar-refractivity contribution in [3.8, 4) is 0 Å². The summed E-state index contributed by atoms with van der Waals surface area (Å²) in [5, 5.41) is 0. The van der Waals surface area contributed by atoms with Crippen LogP contribution < -0.4 is 4.57 Å². The topological polar surface area (TPSA) is 19.7 Å². The van der Waals surface area contributed by atoms with Crippen LogP contribution in [0, 0.1) is 0 Å². The van der Waals surface area contributed by atoms with Gasteiger partial charge in [0.15, 0.2) is 0 Å². The molecule has 2 heteroatoms. The summed E-state index contributed by atoms with van der Waals surface area (Å²) in [6.07, 6.45) is 53.2. The molecular formula is C43H85N2+. The van der Waals surface area contributed by atoms with Gasteiger partial charge in [0.05, 0.1) is 12.0 Å². The Labute approximate surface area is 285 Å². The maximum atomic E-state index is 3.75. The van der Waals surface area contributed by atoms with Gasteiger partial charge in [-0.2, -0.15) is 0 Å². The van der Waals surface area contributed by atoms with Crippen molar-refractivity contribution in [1.82, 2.24) is 4.98 Å². The number of nitrogens with zero attached hydrogens (tertiary/aromatic N) is 1. The third-order valence-electron chi connectivity index (χ3n) is 10.6. The van der Waals surface area contributed by atoms with Crippen LogP contribution in [0.2, 0.25) is 0 Å². The van der Waals surface area contributed by atoms with Gasteiger partial charge >= 0.3 is 0 Å². The van der Waals surface area contributed by atoms with E-state index in [-0.39, 0.29) is 0 Å². The highest BCUT2D eigenvalue weighted by molar-refractivity contribution is 4.90. The molecule has 266 valence electrons. The highest BCUT2D eigenvalue weighted by Crippen LogP contribution is 2.27. The Kier molecular flexibility index (Phi) is 31.1. The molecule has 0 spiro atoms. The molecule has 2 unspecified atom stereocenters. The number of hydrogen-bond donors (Lipinski definition) is 1. The maximum Gasteiger partial charge on any atom is 0.257 e. The van der Waals surface area contributed by atoms with Crippen LogP contribution in [-0.2, 0) is 0 Å². The third kappa shape index (κ3) is 25.0. The minimum atomic E-state index is 0.619. The Morgan fingerprint density at radius 1 is 0.422 bits per heavy atom. The summed E-state index contributed by atoms with van der Waals surface area (Å²) in [5.41, 5.74) is 0. The Hall–Kier alpha value is -0.790. The average Bonchev–Trinajstić information content (AvgIpc) is 3.54. The summed E-state index contributed by atoms with van der Waals surface area (Å²) in [7, 11) is 0. The molecule has 0 saturated carbocycles. The van der Waals surface area contributed by atoms with E-state index in [1.807, 2.05) is 0 Å². The highest BCUT2D eigenvalue weighted by Gasteiger charge is 2.25. The molecular weight excluding hydrogens is 544 g/mol. The van der Waals surface area contributed by atoms with Crippen molar-refractivity contribution in [2.24, 2.45) is 0 Å². The largest absolute Gasteiger partial charge is 0.257 e. The number of rotatable bonds is 36. The van der Waals surface area contributed by atoms with Gasteiger partial charge in [0.1, 0.15) is 12.4 Å². The van der Waals surface area contributed by atoms with E-state index in [0.29, 0.717) is 12.0 Å². The number of imidazole rings is 1. The molecule has 0 bridgehead atoms. The second-order valence-electron chi connectivity index (χ2n) is 15.1. The quantitative estimate of drug-likeness (QED) is 0.0563. The van der Waals surface area contributed by atoms with Gasteiger partial charge in [0.25, 0.3) is 5.82 Å². The zero-order valence-corrected chi connectivity index (χ0v) is 31.8. The van der Waals surface area contributed by atoms with E-state index in [4.69, 9.17) is 0 Å². The molecule has 0 aliphatic heterocycles. The van der Waals surface area contributed by atoms with Crippen molar-refractivity contribution < 1.29 is 4.57 Å². The predicted octanol–water partition coefficient (Wildman–Crippen LogP) is 15.3. The van der Waals surface area contributed by atoms with Crippen LogP contribution in [0.25, 0.3) is 0 Å². The molecule has 1 heterocycles. The molecule has 0 aliphatic carbocycles. The molecule has 1 aromatic rings. The maximum absolute atomic E-state index is 3.75. The van der Waals surface area contributed by atoms with E-state index in [9.17, 15) is 0 Å². The number of hydrogen-bond acceptors (Lipinski definition) is 0. The van der Waals surface area contributed by atoms with Crippen molar-refractivity contribution in [1.29, 1.82) is 0 Å². The molecule has 1 rings (SSSR count). The summed E-state index contributed by atoms with van der Waals surface area (Å²) in [6, 6.07) is 0.619. The van der Waals surface area contributed by atoms with Crippen molar-refractivity contribution in [2.45, 2.75) is 258 Å². The number of H-pyrrole nitrogens is 1. The monoisotopic (exact) mass is 630 g/mol. The molecule has 0 aliphatic rings. The molecule has 1 N–H and O–H groups in total. The van der Waals surface area contributed by atoms with Gasteiger partial charge in [-0.1, -0.05) is 213 Å². The van der Waals surface area contributed by atoms with Gasteiger partial charge in [0.2, 0.25) is 0 Å². The van der Waals surface area contributed by atoms with Crippen molar-refractivity contribution in [3.05, 3.63) is 18.2 Å². The van der Waals surface area contributed by atoms with E-state index in [1.165, 1.54) is 224 Å². The van der Waals surface area contributed by atoms with Crippen LogP contribution >= 0.6 is 0 Å². The Balaban J connectivity index is 2.29. The molecule has 45 heavy (non-hydrogen) atoms. The Morgan fingerprint density at radius 3 is 1.04 bits per heavy atom. The van der Waals surface area contributed by atoms with Crippen LogP contribution in [-0.4, -0.2) is 4.98 Å². The van der Waals surface area contributed by atoms with Crippen molar-refractivity contribution in [2.75, 3.05) is 0 Å². The van der Waals surface area contributed by atoms with Gasteiger partial charge in [0, 0.05) is 0 Å². The van der Waals surface area contributed by atoms with Gasteiger partial charge in [-0.05, 0) is 32.6 Å². The minimum absolute atomic E-state index is 0.619. The molecule has 0 aromatic carbocycles. The fourth-order valence-corrected chi connectivity index (χ4v) is 7.49. The van der Waals surface area contributed by atoms with Crippen LogP contribution in [0.3, 0.4) is 0 Å². The molecule has 2 nitrogen and oxygen atoms in total.